The summed E-state index contributed by atoms with van der Waals surface area (Å²) in [4.78, 5) is 22.4. The maximum atomic E-state index is 14.0. The summed E-state index contributed by atoms with van der Waals surface area (Å²) in [7, 11) is 0. The zero-order valence-corrected chi connectivity index (χ0v) is 14.0. The fourth-order valence-corrected chi connectivity index (χ4v) is 3.18. The molecule has 7 heteroatoms. The van der Waals surface area contributed by atoms with Crippen molar-refractivity contribution >= 4 is 11.7 Å². The van der Waals surface area contributed by atoms with Crippen molar-refractivity contribution in [3.63, 3.8) is 0 Å². The molecular formula is C18H20F2N4O. The molecule has 1 atom stereocenters. The summed E-state index contributed by atoms with van der Waals surface area (Å²) in [6, 6.07) is 3.51. The van der Waals surface area contributed by atoms with Crippen molar-refractivity contribution in [1.82, 2.24) is 14.9 Å². The molecule has 1 fully saturated rings. The van der Waals surface area contributed by atoms with Crippen LogP contribution in [0.3, 0.4) is 0 Å². The van der Waals surface area contributed by atoms with Gasteiger partial charge in [-0.1, -0.05) is 6.07 Å². The first-order chi connectivity index (χ1) is 12.0. The zero-order valence-electron chi connectivity index (χ0n) is 14.0. The van der Waals surface area contributed by atoms with E-state index in [2.05, 4.69) is 20.2 Å². The highest BCUT2D eigenvalue weighted by Gasteiger charge is 2.28. The molecule has 1 unspecified atom stereocenters. The number of amides is 1. The summed E-state index contributed by atoms with van der Waals surface area (Å²) >= 11 is 0. The van der Waals surface area contributed by atoms with Crippen LogP contribution >= 0.6 is 0 Å². The Morgan fingerprint density at radius 1 is 1.28 bits per heavy atom. The topological polar surface area (TPSA) is 58.1 Å². The van der Waals surface area contributed by atoms with E-state index in [1.165, 1.54) is 24.5 Å². The molecule has 1 aliphatic rings. The summed E-state index contributed by atoms with van der Waals surface area (Å²) in [5.74, 6) is -0.844. The third-order valence-corrected chi connectivity index (χ3v) is 4.68. The number of hydrogen-bond donors (Lipinski definition) is 1. The molecule has 1 aromatic heterocycles. The Labute approximate surface area is 145 Å². The molecular weight excluding hydrogens is 326 g/mol. The van der Waals surface area contributed by atoms with E-state index in [4.69, 9.17) is 0 Å². The molecule has 1 amide bonds. The van der Waals surface area contributed by atoms with Crippen molar-refractivity contribution < 1.29 is 13.6 Å². The number of benzene rings is 1. The van der Waals surface area contributed by atoms with Gasteiger partial charge >= 0.3 is 0 Å². The fraction of sp³-hybridized carbons (Fsp3) is 0.389. The Kier molecular flexibility index (Phi) is 5.33. The van der Waals surface area contributed by atoms with Crippen LogP contribution in [0.25, 0.3) is 0 Å². The summed E-state index contributed by atoms with van der Waals surface area (Å²) in [6.07, 6.45) is 5.94. The van der Waals surface area contributed by atoms with Crippen LogP contribution in [0, 0.1) is 17.6 Å². The van der Waals surface area contributed by atoms with Gasteiger partial charge in [-0.25, -0.2) is 13.8 Å². The number of likely N-dealkylation sites (tertiary alicyclic amines) is 1. The van der Waals surface area contributed by atoms with Gasteiger partial charge in [-0.2, -0.15) is 0 Å². The lowest BCUT2D eigenvalue weighted by molar-refractivity contribution is -0.121. The largest absolute Gasteiger partial charge is 0.309 e. The number of anilines is 1. The number of piperidine rings is 1. The molecule has 0 bridgehead atoms. The zero-order chi connectivity index (χ0) is 17.8. The summed E-state index contributed by atoms with van der Waals surface area (Å²) in [6.45, 7) is 3.25. The Morgan fingerprint density at radius 3 is 2.68 bits per heavy atom. The second kappa shape index (κ2) is 7.65. The number of nitrogens with one attached hydrogen (secondary N) is 1. The smallest absolute Gasteiger partial charge is 0.228 e. The highest BCUT2D eigenvalue weighted by Crippen LogP contribution is 2.28. The molecule has 2 aromatic rings. The molecule has 0 aliphatic carbocycles. The van der Waals surface area contributed by atoms with E-state index in [0.29, 0.717) is 37.3 Å². The predicted octanol–water partition coefficient (Wildman–Crippen LogP) is 3.17. The number of hydrogen-bond acceptors (Lipinski definition) is 4. The fourth-order valence-electron chi connectivity index (χ4n) is 3.18. The normalized spacial score (nSPS) is 17.2. The average Bonchev–Trinajstić information content (AvgIpc) is 2.62. The highest BCUT2D eigenvalue weighted by molar-refractivity contribution is 5.91. The lowest BCUT2D eigenvalue weighted by Gasteiger charge is -2.35. The molecule has 132 valence electrons. The van der Waals surface area contributed by atoms with E-state index in [0.717, 1.165) is 6.07 Å². The number of aromatic nitrogens is 2. The molecule has 1 N–H and O–H groups in total. The van der Waals surface area contributed by atoms with Crippen molar-refractivity contribution in [1.29, 1.82) is 0 Å². The van der Waals surface area contributed by atoms with Gasteiger partial charge in [-0.3, -0.25) is 14.7 Å². The van der Waals surface area contributed by atoms with Crippen LogP contribution in [0.15, 0.2) is 36.8 Å². The molecule has 0 radical (unpaired) electrons. The van der Waals surface area contributed by atoms with Gasteiger partial charge in [-0.15, -0.1) is 0 Å². The van der Waals surface area contributed by atoms with Crippen LogP contribution in [-0.4, -0.2) is 33.9 Å². The lowest BCUT2D eigenvalue weighted by atomic mass is 9.93. The van der Waals surface area contributed by atoms with E-state index in [9.17, 15) is 13.6 Å². The van der Waals surface area contributed by atoms with Crippen LogP contribution in [-0.2, 0) is 4.79 Å². The van der Waals surface area contributed by atoms with Crippen molar-refractivity contribution in [2.24, 2.45) is 5.92 Å². The molecule has 1 saturated heterocycles. The van der Waals surface area contributed by atoms with Crippen molar-refractivity contribution in [2.45, 2.75) is 25.8 Å². The molecule has 1 aliphatic heterocycles. The number of carbonyl (C=O) groups is 1. The summed E-state index contributed by atoms with van der Waals surface area (Å²) in [5.41, 5.74) is 0.476. The number of rotatable bonds is 4. The van der Waals surface area contributed by atoms with Crippen molar-refractivity contribution in [2.75, 3.05) is 18.4 Å². The predicted molar refractivity (Wildman–Crippen MR) is 89.7 cm³/mol. The van der Waals surface area contributed by atoms with Crippen LogP contribution in [0.4, 0.5) is 14.6 Å². The maximum absolute atomic E-state index is 14.0. The molecule has 3 rings (SSSR count). The highest BCUT2D eigenvalue weighted by atomic mass is 19.1. The third kappa shape index (κ3) is 4.17. The minimum absolute atomic E-state index is 0.0687. The van der Waals surface area contributed by atoms with Gasteiger partial charge in [0, 0.05) is 36.0 Å². The molecule has 0 spiro atoms. The van der Waals surface area contributed by atoms with Gasteiger partial charge in [0.1, 0.15) is 11.6 Å². The molecule has 25 heavy (non-hydrogen) atoms. The average molecular weight is 346 g/mol. The number of nitrogens with zero attached hydrogens (tertiary/aromatic N) is 3. The molecule has 1 aromatic carbocycles. The first kappa shape index (κ1) is 17.4. The molecule has 0 saturated carbocycles. The van der Waals surface area contributed by atoms with Gasteiger partial charge in [0.25, 0.3) is 0 Å². The number of carbonyl (C=O) groups excluding carboxylic acids is 1. The summed E-state index contributed by atoms with van der Waals surface area (Å²) in [5, 5.41) is 2.77. The minimum atomic E-state index is -0.576. The minimum Gasteiger partial charge on any atom is -0.309 e. The van der Waals surface area contributed by atoms with E-state index in [1.807, 2.05) is 6.92 Å². The van der Waals surface area contributed by atoms with Crippen LogP contribution in [0.1, 0.15) is 31.4 Å². The van der Waals surface area contributed by atoms with Gasteiger partial charge < -0.3 is 5.32 Å². The Hall–Kier alpha value is -2.41. The van der Waals surface area contributed by atoms with Crippen molar-refractivity contribution in [3.05, 3.63) is 54.0 Å². The van der Waals surface area contributed by atoms with Gasteiger partial charge in [0.2, 0.25) is 5.91 Å². The third-order valence-electron chi connectivity index (χ3n) is 4.68. The van der Waals surface area contributed by atoms with E-state index in [-0.39, 0.29) is 17.9 Å². The lowest BCUT2D eigenvalue weighted by Crippen LogP contribution is -2.39. The van der Waals surface area contributed by atoms with E-state index in [1.54, 1.807) is 6.20 Å². The standard InChI is InChI=1S/C18H20F2N4O/c1-12(15-3-2-14(19)10-16(15)20)24-8-4-13(5-9-24)18(25)23-17-11-21-6-7-22-17/h2-3,6-7,10-13H,4-5,8-9H2,1H3,(H,22,23,25). The second-order valence-electron chi connectivity index (χ2n) is 6.23. The van der Waals surface area contributed by atoms with Crippen LogP contribution in [0.5, 0.6) is 0 Å². The SMILES string of the molecule is CC(c1ccc(F)cc1F)N1CCC(C(=O)Nc2cnccn2)CC1. The number of halogens is 2. The van der Waals surface area contributed by atoms with Gasteiger partial charge in [-0.05, 0) is 38.9 Å². The van der Waals surface area contributed by atoms with Crippen LogP contribution < -0.4 is 5.32 Å². The second-order valence-corrected chi connectivity index (χ2v) is 6.23. The van der Waals surface area contributed by atoms with Crippen molar-refractivity contribution in [3.8, 4) is 0 Å². The maximum Gasteiger partial charge on any atom is 0.228 e. The van der Waals surface area contributed by atoms with E-state index >= 15 is 0 Å². The Bertz CT molecular complexity index is 733. The summed E-state index contributed by atoms with van der Waals surface area (Å²) < 4.78 is 27.0. The monoisotopic (exact) mass is 346 g/mol. The first-order valence-corrected chi connectivity index (χ1v) is 8.30. The van der Waals surface area contributed by atoms with Gasteiger partial charge in [0.15, 0.2) is 5.82 Å². The quantitative estimate of drug-likeness (QED) is 0.924. The van der Waals surface area contributed by atoms with Gasteiger partial charge in [0.05, 0.1) is 6.20 Å². The first-order valence-electron chi connectivity index (χ1n) is 8.30. The Morgan fingerprint density at radius 2 is 2.04 bits per heavy atom. The molecule has 5 nitrogen and oxygen atoms in total. The van der Waals surface area contributed by atoms with Crippen LogP contribution in [0.2, 0.25) is 0 Å². The molecule has 2 heterocycles. The van der Waals surface area contributed by atoms with E-state index < -0.39 is 11.6 Å². The Balaban J connectivity index is 1.57.